The van der Waals surface area contributed by atoms with Gasteiger partial charge in [-0.25, -0.2) is 0 Å². The van der Waals surface area contributed by atoms with Gasteiger partial charge in [0.15, 0.2) is 11.0 Å². The fraction of sp³-hybridized carbons (Fsp3) is 0.143. The first-order chi connectivity index (χ1) is 9.76. The maximum atomic E-state index is 5.91. The van der Waals surface area contributed by atoms with E-state index in [9.17, 15) is 0 Å². The third-order valence-electron chi connectivity index (χ3n) is 2.53. The van der Waals surface area contributed by atoms with Crippen LogP contribution >= 0.6 is 35.0 Å². The highest BCUT2D eigenvalue weighted by Gasteiger charge is 2.12. The number of halogens is 2. The molecule has 0 radical (unpaired) electrons. The van der Waals surface area contributed by atoms with E-state index in [4.69, 9.17) is 23.2 Å². The van der Waals surface area contributed by atoms with Crippen molar-refractivity contribution in [1.29, 1.82) is 0 Å². The molecular weight excluding hydrogens is 313 g/mol. The van der Waals surface area contributed by atoms with E-state index in [0.717, 1.165) is 22.3 Å². The number of allylic oxidation sites excluding steroid dienone is 1. The molecule has 2 aromatic rings. The Balaban J connectivity index is 2.32. The number of benzene rings is 1. The first-order valence-corrected chi connectivity index (χ1v) is 7.74. The molecule has 20 heavy (non-hydrogen) atoms. The van der Waals surface area contributed by atoms with E-state index in [2.05, 4.69) is 16.8 Å². The summed E-state index contributed by atoms with van der Waals surface area (Å²) < 4.78 is 2.02. The summed E-state index contributed by atoms with van der Waals surface area (Å²) in [5.41, 5.74) is 2.48. The van der Waals surface area contributed by atoms with Crippen LogP contribution < -0.4 is 0 Å². The number of hydrogen-bond donors (Lipinski definition) is 0. The average Bonchev–Trinajstić information content (AvgIpc) is 2.84. The quantitative estimate of drug-likeness (QED) is 0.573. The van der Waals surface area contributed by atoms with Gasteiger partial charge >= 0.3 is 0 Å². The minimum Gasteiger partial charge on any atom is -0.298 e. The van der Waals surface area contributed by atoms with E-state index in [1.54, 1.807) is 11.8 Å². The maximum absolute atomic E-state index is 5.91. The number of thioether (sulfide) groups is 1. The zero-order chi connectivity index (χ0) is 14.4. The van der Waals surface area contributed by atoms with Crippen molar-refractivity contribution in [3.05, 3.63) is 53.6 Å². The Kier molecular flexibility index (Phi) is 5.71. The molecule has 0 saturated carbocycles. The molecule has 0 atom stereocenters. The van der Waals surface area contributed by atoms with Crippen molar-refractivity contribution in [1.82, 2.24) is 14.8 Å². The van der Waals surface area contributed by atoms with Crippen LogP contribution in [0.15, 0.2) is 53.7 Å². The van der Waals surface area contributed by atoms with E-state index >= 15 is 0 Å². The zero-order valence-electron chi connectivity index (χ0n) is 10.7. The second-order valence-electron chi connectivity index (χ2n) is 3.89. The third-order valence-corrected chi connectivity index (χ3v) is 3.88. The third kappa shape index (κ3) is 3.66. The monoisotopic (exact) mass is 325 g/mol. The lowest BCUT2D eigenvalue weighted by Crippen LogP contribution is -2.00. The molecule has 1 heterocycles. The van der Waals surface area contributed by atoms with Gasteiger partial charge < -0.3 is 0 Å². The topological polar surface area (TPSA) is 30.7 Å². The van der Waals surface area contributed by atoms with Crippen molar-refractivity contribution in [2.75, 3.05) is 5.75 Å². The normalized spacial score (nSPS) is 11.1. The molecule has 3 nitrogen and oxygen atoms in total. The molecule has 0 aliphatic carbocycles. The van der Waals surface area contributed by atoms with Gasteiger partial charge in [0.05, 0.1) is 0 Å². The van der Waals surface area contributed by atoms with Crippen LogP contribution in [-0.4, -0.2) is 20.5 Å². The Morgan fingerprint density at radius 3 is 2.65 bits per heavy atom. The predicted octanol–water partition coefficient (Wildman–Crippen LogP) is 4.63. The van der Waals surface area contributed by atoms with Crippen molar-refractivity contribution in [3.8, 4) is 11.4 Å². The minimum atomic E-state index is 0.651. The summed E-state index contributed by atoms with van der Waals surface area (Å²) in [6, 6.07) is 7.54. The van der Waals surface area contributed by atoms with Crippen LogP contribution in [0.3, 0.4) is 0 Å². The first kappa shape index (κ1) is 15.2. The van der Waals surface area contributed by atoms with Crippen LogP contribution in [0.1, 0.15) is 0 Å². The van der Waals surface area contributed by atoms with Gasteiger partial charge in [0.1, 0.15) is 0 Å². The standard InChI is InChI=1S/C14H13Cl2N3S/c1-2-9-19-13(11-4-6-12(16)7-5-11)17-18-14(19)20-10-3-8-15/h2-8H,1,9-10H2/b8-3+. The second-order valence-corrected chi connectivity index (χ2v) is 5.56. The van der Waals surface area contributed by atoms with E-state index in [-0.39, 0.29) is 0 Å². The van der Waals surface area contributed by atoms with Gasteiger partial charge in [-0.2, -0.15) is 0 Å². The van der Waals surface area contributed by atoms with Crippen LogP contribution in [0.2, 0.25) is 5.02 Å². The van der Waals surface area contributed by atoms with Crippen LogP contribution in [-0.2, 0) is 6.54 Å². The van der Waals surface area contributed by atoms with Gasteiger partial charge in [-0.1, -0.05) is 47.1 Å². The summed E-state index contributed by atoms with van der Waals surface area (Å²) in [5, 5.41) is 10.0. The molecular formula is C14H13Cl2N3S. The Morgan fingerprint density at radius 1 is 1.25 bits per heavy atom. The lowest BCUT2D eigenvalue weighted by atomic mass is 10.2. The highest BCUT2D eigenvalue weighted by Crippen LogP contribution is 2.25. The van der Waals surface area contributed by atoms with Crippen LogP contribution in [0, 0.1) is 0 Å². The summed E-state index contributed by atoms with van der Waals surface area (Å²) in [5.74, 6) is 1.55. The van der Waals surface area contributed by atoms with Gasteiger partial charge in [-0.3, -0.25) is 4.57 Å². The molecule has 0 unspecified atom stereocenters. The molecule has 0 bridgehead atoms. The summed E-state index contributed by atoms with van der Waals surface area (Å²) in [4.78, 5) is 0. The van der Waals surface area contributed by atoms with Crippen molar-refractivity contribution in [2.45, 2.75) is 11.7 Å². The number of nitrogens with zero attached hydrogens (tertiary/aromatic N) is 3. The van der Waals surface area contributed by atoms with E-state index in [0.29, 0.717) is 11.6 Å². The summed E-state index contributed by atoms with van der Waals surface area (Å²) >= 11 is 13.0. The maximum Gasteiger partial charge on any atom is 0.192 e. The van der Waals surface area contributed by atoms with E-state index < -0.39 is 0 Å². The van der Waals surface area contributed by atoms with E-state index in [1.165, 1.54) is 5.54 Å². The lowest BCUT2D eigenvalue weighted by molar-refractivity contribution is 0.732. The van der Waals surface area contributed by atoms with Gasteiger partial charge in [0, 0.05) is 28.4 Å². The van der Waals surface area contributed by atoms with Crippen molar-refractivity contribution in [3.63, 3.8) is 0 Å². The molecule has 0 N–H and O–H groups in total. The molecule has 1 aromatic carbocycles. The highest BCUT2D eigenvalue weighted by molar-refractivity contribution is 7.99. The van der Waals surface area contributed by atoms with Crippen LogP contribution in [0.4, 0.5) is 0 Å². The predicted molar refractivity (Wildman–Crippen MR) is 86.4 cm³/mol. The minimum absolute atomic E-state index is 0.651. The Bertz CT molecular complexity index is 605. The first-order valence-electron chi connectivity index (χ1n) is 5.94. The van der Waals surface area contributed by atoms with Crippen molar-refractivity contribution in [2.24, 2.45) is 0 Å². The smallest absolute Gasteiger partial charge is 0.192 e. The molecule has 0 aliphatic heterocycles. The SMILES string of the molecule is C=CCn1c(SC/C=C/Cl)nnc1-c1ccc(Cl)cc1. The molecule has 0 saturated heterocycles. The van der Waals surface area contributed by atoms with Crippen molar-refractivity contribution < 1.29 is 0 Å². The summed E-state index contributed by atoms with van der Waals surface area (Å²) in [6.45, 7) is 4.43. The van der Waals surface area contributed by atoms with Gasteiger partial charge in [-0.15, -0.1) is 16.8 Å². The molecule has 2 rings (SSSR count). The average molecular weight is 326 g/mol. The molecule has 0 fully saturated rings. The fourth-order valence-electron chi connectivity index (χ4n) is 1.66. The number of hydrogen-bond acceptors (Lipinski definition) is 3. The van der Waals surface area contributed by atoms with Gasteiger partial charge in [0.25, 0.3) is 0 Å². The molecule has 0 spiro atoms. The Labute approximate surface area is 132 Å². The number of aromatic nitrogens is 3. The zero-order valence-corrected chi connectivity index (χ0v) is 13.0. The Hall–Kier alpha value is -1.23. The van der Waals surface area contributed by atoms with Gasteiger partial charge in [-0.05, 0) is 24.3 Å². The lowest BCUT2D eigenvalue weighted by Gasteiger charge is -2.07. The van der Waals surface area contributed by atoms with Crippen molar-refractivity contribution >= 4 is 35.0 Å². The second kappa shape index (κ2) is 7.53. The Morgan fingerprint density at radius 2 is 2.00 bits per heavy atom. The molecule has 0 amide bonds. The number of rotatable bonds is 6. The summed E-state index contributed by atoms with van der Waals surface area (Å²) in [7, 11) is 0. The molecule has 6 heteroatoms. The fourth-order valence-corrected chi connectivity index (χ4v) is 2.74. The van der Waals surface area contributed by atoms with Crippen LogP contribution in [0.25, 0.3) is 11.4 Å². The van der Waals surface area contributed by atoms with Gasteiger partial charge in [0.2, 0.25) is 0 Å². The molecule has 1 aromatic heterocycles. The molecule has 0 aliphatic rings. The van der Waals surface area contributed by atoms with E-state index in [1.807, 2.05) is 41.0 Å². The summed E-state index contributed by atoms with van der Waals surface area (Å²) in [6.07, 6.45) is 3.69. The van der Waals surface area contributed by atoms with Crippen LogP contribution in [0.5, 0.6) is 0 Å². The molecule has 104 valence electrons. The highest BCUT2D eigenvalue weighted by atomic mass is 35.5. The largest absolute Gasteiger partial charge is 0.298 e.